The summed E-state index contributed by atoms with van der Waals surface area (Å²) in [5.41, 5.74) is 0.541. The number of amides is 3. The van der Waals surface area contributed by atoms with E-state index in [4.69, 9.17) is 0 Å². The van der Waals surface area contributed by atoms with Crippen LogP contribution >= 0.6 is 11.8 Å². The number of rotatable bonds is 3. The molecule has 0 radical (unpaired) electrons. The second kappa shape index (κ2) is 5.88. The van der Waals surface area contributed by atoms with Crippen LogP contribution in [0.5, 0.6) is 0 Å². The Kier molecular flexibility index (Phi) is 4.21. The molecule has 1 aromatic carbocycles. The molecular weight excluding hydrogens is 264 g/mol. The molecule has 0 aliphatic carbocycles. The molecule has 100 valence electrons. The lowest BCUT2D eigenvalue weighted by atomic mass is 10.1. The van der Waals surface area contributed by atoms with E-state index in [2.05, 4.69) is 10.6 Å². The molecule has 0 bridgehead atoms. The summed E-state index contributed by atoms with van der Waals surface area (Å²) in [6, 6.07) is 6.56. The normalized spacial score (nSPS) is 18.9. The van der Waals surface area contributed by atoms with Crippen molar-refractivity contribution in [1.29, 1.82) is 0 Å². The lowest BCUT2D eigenvalue weighted by Crippen LogP contribution is -2.52. The van der Waals surface area contributed by atoms with Gasteiger partial charge in [0.15, 0.2) is 0 Å². The quantitative estimate of drug-likeness (QED) is 0.637. The molecule has 3 amide bonds. The van der Waals surface area contributed by atoms with Gasteiger partial charge >= 0.3 is 0 Å². The molecule has 1 aliphatic heterocycles. The fourth-order valence-corrected chi connectivity index (χ4v) is 2.49. The highest BCUT2D eigenvalue weighted by atomic mass is 32.2. The number of thioether (sulfide) groups is 1. The van der Waals surface area contributed by atoms with Crippen LogP contribution < -0.4 is 10.6 Å². The van der Waals surface area contributed by atoms with Gasteiger partial charge in [0.05, 0.1) is 5.56 Å². The van der Waals surface area contributed by atoms with Gasteiger partial charge in [-0.1, -0.05) is 12.1 Å². The van der Waals surface area contributed by atoms with E-state index in [1.54, 1.807) is 12.1 Å². The number of hydrogen-bond donors (Lipinski definition) is 2. The minimum atomic E-state index is -0.639. The lowest BCUT2D eigenvalue weighted by Gasteiger charge is -2.22. The highest BCUT2D eigenvalue weighted by molar-refractivity contribution is 7.98. The number of imide groups is 1. The smallest absolute Gasteiger partial charge is 0.253 e. The van der Waals surface area contributed by atoms with Gasteiger partial charge in [-0.3, -0.25) is 19.7 Å². The van der Waals surface area contributed by atoms with Crippen LogP contribution in [-0.4, -0.2) is 30.0 Å². The molecule has 1 aromatic rings. The highest BCUT2D eigenvalue weighted by Crippen LogP contribution is 2.20. The summed E-state index contributed by atoms with van der Waals surface area (Å²) in [6.45, 7) is 0. The molecule has 1 fully saturated rings. The van der Waals surface area contributed by atoms with Crippen LogP contribution in [-0.2, 0) is 9.59 Å². The highest BCUT2D eigenvalue weighted by Gasteiger charge is 2.28. The van der Waals surface area contributed by atoms with E-state index < -0.39 is 11.9 Å². The summed E-state index contributed by atoms with van der Waals surface area (Å²) < 4.78 is 0. The molecule has 2 rings (SSSR count). The van der Waals surface area contributed by atoms with Crippen molar-refractivity contribution in [3.05, 3.63) is 29.8 Å². The van der Waals surface area contributed by atoms with Crippen molar-refractivity contribution in [3.63, 3.8) is 0 Å². The molecule has 1 atom stereocenters. The Morgan fingerprint density at radius 3 is 2.79 bits per heavy atom. The van der Waals surface area contributed by atoms with Crippen LogP contribution in [0.4, 0.5) is 0 Å². The third kappa shape index (κ3) is 3.14. The summed E-state index contributed by atoms with van der Waals surface area (Å²) in [5.74, 6) is -1.02. The van der Waals surface area contributed by atoms with E-state index in [0.29, 0.717) is 12.0 Å². The van der Waals surface area contributed by atoms with Crippen LogP contribution in [0.25, 0.3) is 0 Å². The third-order valence-corrected chi connectivity index (χ3v) is 3.69. The van der Waals surface area contributed by atoms with Crippen molar-refractivity contribution in [2.75, 3.05) is 6.26 Å². The summed E-state index contributed by atoms with van der Waals surface area (Å²) >= 11 is 1.47. The molecule has 5 nitrogen and oxygen atoms in total. The first-order chi connectivity index (χ1) is 9.11. The molecule has 2 N–H and O–H groups in total. The standard InChI is InChI=1S/C13H14N2O3S/c1-19-10-5-3-2-4-8(10)12(17)14-9-6-7-11(16)15-13(9)18/h2-5,9H,6-7H2,1H3,(H,14,17)(H,15,16,18). The largest absolute Gasteiger partial charge is 0.340 e. The van der Waals surface area contributed by atoms with Gasteiger partial charge < -0.3 is 5.32 Å². The van der Waals surface area contributed by atoms with Crippen molar-refractivity contribution in [2.24, 2.45) is 0 Å². The van der Waals surface area contributed by atoms with Gasteiger partial charge in [-0.15, -0.1) is 11.8 Å². The second-order valence-electron chi connectivity index (χ2n) is 4.18. The first-order valence-electron chi connectivity index (χ1n) is 5.89. The Bertz CT molecular complexity index is 530. The molecule has 1 saturated heterocycles. The number of piperidine rings is 1. The Morgan fingerprint density at radius 2 is 2.11 bits per heavy atom. The van der Waals surface area contributed by atoms with Crippen molar-refractivity contribution >= 4 is 29.5 Å². The maximum atomic E-state index is 12.1. The fourth-order valence-electron chi connectivity index (χ4n) is 1.90. The minimum Gasteiger partial charge on any atom is -0.340 e. The van der Waals surface area contributed by atoms with Crippen LogP contribution in [0.15, 0.2) is 29.2 Å². The molecule has 1 unspecified atom stereocenters. The Balaban J connectivity index is 2.09. The summed E-state index contributed by atoms with van der Waals surface area (Å²) in [5, 5.41) is 4.88. The Hall–Kier alpha value is -1.82. The van der Waals surface area contributed by atoms with Gasteiger partial charge in [0.25, 0.3) is 5.91 Å². The van der Waals surface area contributed by atoms with Gasteiger partial charge in [-0.05, 0) is 24.8 Å². The van der Waals surface area contributed by atoms with Gasteiger partial charge in [-0.2, -0.15) is 0 Å². The van der Waals surface area contributed by atoms with Gasteiger partial charge in [0.2, 0.25) is 11.8 Å². The third-order valence-electron chi connectivity index (χ3n) is 2.90. The number of nitrogens with one attached hydrogen (secondary N) is 2. The van der Waals surface area contributed by atoms with Crippen molar-refractivity contribution in [1.82, 2.24) is 10.6 Å². The zero-order valence-corrected chi connectivity index (χ0v) is 11.3. The van der Waals surface area contributed by atoms with E-state index in [0.717, 1.165) is 4.90 Å². The Labute approximate surface area is 115 Å². The number of hydrogen-bond acceptors (Lipinski definition) is 4. The number of carbonyl (C=O) groups excluding carboxylic acids is 3. The van der Waals surface area contributed by atoms with E-state index in [1.807, 2.05) is 18.4 Å². The molecule has 0 aromatic heterocycles. The summed E-state index contributed by atoms with van der Waals surface area (Å²) in [7, 11) is 0. The fraction of sp³-hybridized carbons (Fsp3) is 0.308. The lowest BCUT2D eigenvalue weighted by molar-refractivity contribution is -0.134. The molecule has 0 saturated carbocycles. The van der Waals surface area contributed by atoms with E-state index >= 15 is 0 Å². The van der Waals surface area contributed by atoms with E-state index in [-0.39, 0.29) is 18.2 Å². The van der Waals surface area contributed by atoms with Gasteiger partial charge in [0.1, 0.15) is 6.04 Å². The minimum absolute atomic E-state index is 0.251. The van der Waals surface area contributed by atoms with Crippen LogP contribution in [0, 0.1) is 0 Å². The predicted molar refractivity (Wildman–Crippen MR) is 71.9 cm³/mol. The first-order valence-corrected chi connectivity index (χ1v) is 7.12. The van der Waals surface area contributed by atoms with Crippen LogP contribution in [0.2, 0.25) is 0 Å². The number of benzene rings is 1. The second-order valence-corrected chi connectivity index (χ2v) is 5.03. The molecule has 0 spiro atoms. The van der Waals surface area contributed by atoms with E-state index in [1.165, 1.54) is 11.8 Å². The van der Waals surface area contributed by atoms with Crippen molar-refractivity contribution < 1.29 is 14.4 Å². The summed E-state index contributed by atoms with van der Waals surface area (Å²) in [4.78, 5) is 35.6. The van der Waals surface area contributed by atoms with Crippen LogP contribution in [0.1, 0.15) is 23.2 Å². The molecule has 6 heteroatoms. The average Bonchev–Trinajstić information content (AvgIpc) is 2.41. The van der Waals surface area contributed by atoms with Gasteiger partial charge in [0, 0.05) is 11.3 Å². The maximum Gasteiger partial charge on any atom is 0.253 e. The summed E-state index contributed by atoms with van der Waals surface area (Å²) in [6.07, 6.45) is 2.48. The molecule has 1 heterocycles. The topological polar surface area (TPSA) is 75.3 Å². The van der Waals surface area contributed by atoms with Crippen LogP contribution in [0.3, 0.4) is 0 Å². The SMILES string of the molecule is CSc1ccccc1C(=O)NC1CCC(=O)NC1=O. The molecular formula is C13H14N2O3S. The number of carbonyl (C=O) groups is 3. The zero-order valence-electron chi connectivity index (χ0n) is 10.4. The molecule has 1 aliphatic rings. The molecule has 19 heavy (non-hydrogen) atoms. The van der Waals surface area contributed by atoms with E-state index in [9.17, 15) is 14.4 Å². The predicted octanol–water partition coefficient (Wildman–Crippen LogP) is 0.943. The monoisotopic (exact) mass is 278 g/mol. The average molecular weight is 278 g/mol. The zero-order chi connectivity index (χ0) is 13.8. The van der Waals surface area contributed by atoms with Gasteiger partial charge in [-0.25, -0.2) is 0 Å². The maximum absolute atomic E-state index is 12.1. The van der Waals surface area contributed by atoms with Crippen molar-refractivity contribution in [2.45, 2.75) is 23.8 Å². The first kappa shape index (κ1) is 13.6. The van der Waals surface area contributed by atoms with Crippen molar-refractivity contribution in [3.8, 4) is 0 Å². The Morgan fingerprint density at radius 1 is 1.37 bits per heavy atom.